The zero-order valence-electron chi connectivity index (χ0n) is 19.9. The first-order chi connectivity index (χ1) is 16.7. The molecule has 1 atom stereocenters. The zero-order chi connectivity index (χ0) is 23.8. The number of aliphatic hydroxyl groups is 1. The molecule has 4 rings (SSSR count). The number of hydrogen-bond acceptors (Lipinski definition) is 7. The molecule has 1 aromatic heterocycles. The van der Waals surface area contributed by atoms with Crippen molar-refractivity contribution >= 4 is 16.6 Å². The number of ether oxygens (including phenoxy) is 2. The third-order valence-electron chi connectivity index (χ3n) is 5.96. The van der Waals surface area contributed by atoms with Gasteiger partial charge in [-0.2, -0.15) is 0 Å². The molecule has 0 bridgehead atoms. The van der Waals surface area contributed by atoms with E-state index in [9.17, 15) is 5.11 Å². The maximum absolute atomic E-state index is 9.30. The quantitative estimate of drug-likeness (QED) is 0.285. The molecule has 34 heavy (non-hydrogen) atoms. The Balaban J connectivity index is 1.69. The van der Waals surface area contributed by atoms with E-state index in [0.29, 0.717) is 18.9 Å². The average molecular weight is 461 g/mol. The minimum Gasteiger partial charge on any atom is -0.467 e. The molecule has 0 radical (unpaired) electrons. The molecule has 2 heterocycles. The number of hydrogen-bond donors (Lipinski definition) is 2. The van der Waals surface area contributed by atoms with Gasteiger partial charge >= 0.3 is 0 Å². The average Bonchev–Trinajstić information content (AvgIpc) is 2.86. The van der Waals surface area contributed by atoms with Gasteiger partial charge in [0.05, 0.1) is 6.61 Å². The number of aliphatic hydroxyl groups excluding tert-OH is 1. The predicted octanol–water partition coefficient (Wildman–Crippen LogP) is 3.91. The lowest BCUT2D eigenvalue weighted by Crippen LogP contribution is -2.43. The fraction of sp³-hybridized carbons (Fsp3) is 0.407. The maximum atomic E-state index is 9.30. The summed E-state index contributed by atoms with van der Waals surface area (Å²) in [5.74, 6) is 7.46. The number of aromatic nitrogens is 2. The summed E-state index contributed by atoms with van der Waals surface area (Å²) in [6.45, 7) is 7.26. The van der Waals surface area contributed by atoms with Crippen LogP contribution in [0.2, 0.25) is 0 Å². The summed E-state index contributed by atoms with van der Waals surface area (Å²) in [7, 11) is 0. The van der Waals surface area contributed by atoms with Crippen LogP contribution in [0.25, 0.3) is 22.0 Å². The minimum atomic E-state index is 0.156. The molecule has 2 aromatic carbocycles. The Morgan fingerprint density at radius 2 is 2.03 bits per heavy atom. The van der Waals surface area contributed by atoms with E-state index >= 15 is 0 Å². The highest BCUT2D eigenvalue weighted by atomic mass is 16.7. The Hall–Kier alpha value is -3.18. The highest BCUT2D eigenvalue weighted by Crippen LogP contribution is 2.36. The van der Waals surface area contributed by atoms with Crippen LogP contribution in [0.1, 0.15) is 32.3 Å². The van der Waals surface area contributed by atoms with Gasteiger partial charge in [-0.1, -0.05) is 30.2 Å². The molecule has 7 nitrogen and oxygen atoms in total. The van der Waals surface area contributed by atoms with E-state index in [-0.39, 0.29) is 19.4 Å². The third-order valence-corrected chi connectivity index (χ3v) is 5.96. The second-order valence-electron chi connectivity index (χ2n) is 8.29. The molecule has 3 aromatic rings. The summed E-state index contributed by atoms with van der Waals surface area (Å²) in [6, 6.07) is 14.3. The standard InChI is InChI=1S/C27H32N4O3/c1-3-8-20-12-13-24(25(17-20)34-19-33-4-2)26-22-10-5-6-11-23(22)27(30-29-26)28-21-9-7-14-31(18-21)15-16-32/h5-6,10-13,17,21,32H,4,7,9,14-16,18-19H2,1-2H3,(H,28,30)/t21-/m1/s1. The normalized spacial score (nSPS) is 16.1. The van der Waals surface area contributed by atoms with E-state index in [2.05, 4.69) is 44.4 Å². The summed E-state index contributed by atoms with van der Waals surface area (Å²) >= 11 is 0. The van der Waals surface area contributed by atoms with Crippen molar-refractivity contribution in [1.29, 1.82) is 0 Å². The third kappa shape index (κ3) is 5.65. The van der Waals surface area contributed by atoms with Crippen molar-refractivity contribution in [2.45, 2.75) is 32.7 Å². The van der Waals surface area contributed by atoms with Crippen LogP contribution in [-0.4, -0.2) is 65.9 Å². The number of piperidine rings is 1. The van der Waals surface area contributed by atoms with Gasteiger partial charge in [-0.3, -0.25) is 4.90 Å². The van der Waals surface area contributed by atoms with Crippen molar-refractivity contribution in [3.63, 3.8) is 0 Å². The van der Waals surface area contributed by atoms with Crippen LogP contribution >= 0.6 is 0 Å². The summed E-state index contributed by atoms with van der Waals surface area (Å²) in [5, 5.41) is 24.2. The van der Waals surface area contributed by atoms with Crippen molar-refractivity contribution in [2.24, 2.45) is 0 Å². The van der Waals surface area contributed by atoms with Crippen LogP contribution in [-0.2, 0) is 4.74 Å². The molecule has 0 aliphatic carbocycles. The molecule has 1 fully saturated rings. The number of nitrogens with zero attached hydrogens (tertiary/aromatic N) is 3. The van der Waals surface area contributed by atoms with E-state index in [0.717, 1.165) is 59.3 Å². The topological polar surface area (TPSA) is 79.7 Å². The van der Waals surface area contributed by atoms with Crippen molar-refractivity contribution in [3.8, 4) is 28.8 Å². The number of benzene rings is 2. The van der Waals surface area contributed by atoms with Crippen LogP contribution in [0.15, 0.2) is 42.5 Å². The summed E-state index contributed by atoms with van der Waals surface area (Å²) in [4.78, 5) is 2.29. The Morgan fingerprint density at radius 3 is 2.82 bits per heavy atom. The first-order valence-corrected chi connectivity index (χ1v) is 11.9. The molecule has 178 valence electrons. The number of likely N-dealkylation sites (tertiary alicyclic amines) is 1. The molecule has 7 heteroatoms. The van der Waals surface area contributed by atoms with Gasteiger partial charge in [-0.25, -0.2) is 0 Å². The Morgan fingerprint density at radius 1 is 1.18 bits per heavy atom. The number of rotatable bonds is 9. The molecule has 1 aliphatic heterocycles. The summed E-state index contributed by atoms with van der Waals surface area (Å²) in [5.41, 5.74) is 2.48. The van der Waals surface area contributed by atoms with Crippen LogP contribution in [0, 0.1) is 11.8 Å². The van der Waals surface area contributed by atoms with E-state index in [4.69, 9.17) is 9.47 Å². The van der Waals surface area contributed by atoms with Gasteiger partial charge in [0.1, 0.15) is 11.4 Å². The highest BCUT2D eigenvalue weighted by molar-refractivity contribution is 6.01. The van der Waals surface area contributed by atoms with Gasteiger partial charge in [0.25, 0.3) is 0 Å². The van der Waals surface area contributed by atoms with Crippen molar-refractivity contribution in [1.82, 2.24) is 15.1 Å². The van der Waals surface area contributed by atoms with E-state index in [1.807, 2.05) is 44.2 Å². The monoisotopic (exact) mass is 460 g/mol. The predicted molar refractivity (Wildman–Crippen MR) is 135 cm³/mol. The molecule has 0 amide bonds. The minimum absolute atomic E-state index is 0.156. The molecule has 0 spiro atoms. The fourth-order valence-electron chi connectivity index (χ4n) is 4.37. The molecule has 2 N–H and O–H groups in total. The lowest BCUT2D eigenvalue weighted by molar-refractivity contribution is 0.0227. The zero-order valence-corrected chi connectivity index (χ0v) is 19.9. The van der Waals surface area contributed by atoms with Crippen molar-refractivity contribution in [3.05, 3.63) is 48.0 Å². The number of anilines is 1. The highest BCUT2D eigenvalue weighted by Gasteiger charge is 2.22. The largest absolute Gasteiger partial charge is 0.467 e. The Bertz CT molecular complexity index is 1170. The molecular formula is C27H32N4O3. The van der Waals surface area contributed by atoms with E-state index < -0.39 is 0 Å². The molecule has 0 unspecified atom stereocenters. The SMILES string of the molecule is CC#Cc1ccc(-c2nnc(N[C@@H]3CCCN(CCO)C3)c3ccccc23)c(OCOCC)c1. The lowest BCUT2D eigenvalue weighted by atomic mass is 10.0. The molecule has 1 aliphatic rings. The van der Waals surface area contributed by atoms with Gasteiger partial charge in [-0.15, -0.1) is 16.1 Å². The first kappa shape index (κ1) is 24.0. The Kier molecular flexibility index (Phi) is 8.31. The molecule has 1 saturated heterocycles. The molecule has 0 saturated carbocycles. The maximum Gasteiger partial charge on any atom is 0.189 e. The van der Waals surface area contributed by atoms with E-state index in [1.165, 1.54) is 0 Å². The second kappa shape index (κ2) is 11.8. The van der Waals surface area contributed by atoms with Gasteiger partial charge < -0.3 is 19.9 Å². The van der Waals surface area contributed by atoms with Gasteiger partial charge in [0.2, 0.25) is 0 Å². The van der Waals surface area contributed by atoms with Crippen molar-refractivity contribution < 1.29 is 14.6 Å². The summed E-state index contributed by atoms with van der Waals surface area (Å²) in [6.07, 6.45) is 2.16. The second-order valence-corrected chi connectivity index (χ2v) is 8.29. The number of nitrogens with one attached hydrogen (secondary N) is 1. The number of β-amino-alcohol motifs (C(OH)–C–C–N with tert-alkyl or cyclic N) is 1. The van der Waals surface area contributed by atoms with Gasteiger partial charge in [-0.05, 0) is 51.4 Å². The van der Waals surface area contributed by atoms with Crippen LogP contribution in [0.3, 0.4) is 0 Å². The smallest absolute Gasteiger partial charge is 0.189 e. The Labute approximate surface area is 201 Å². The van der Waals surface area contributed by atoms with Gasteiger partial charge in [0, 0.05) is 47.6 Å². The van der Waals surface area contributed by atoms with Crippen LogP contribution in [0.5, 0.6) is 5.75 Å². The summed E-state index contributed by atoms with van der Waals surface area (Å²) < 4.78 is 11.4. The molecular weight excluding hydrogens is 428 g/mol. The number of fused-ring (bicyclic) bond motifs is 1. The first-order valence-electron chi connectivity index (χ1n) is 11.9. The fourth-order valence-corrected chi connectivity index (χ4v) is 4.37. The van der Waals surface area contributed by atoms with Crippen LogP contribution in [0.4, 0.5) is 5.82 Å². The van der Waals surface area contributed by atoms with Gasteiger partial charge in [0.15, 0.2) is 12.6 Å². The van der Waals surface area contributed by atoms with Crippen LogP contribution < -0.4 is 10.1 Å². The lowest BCUT2D eigenvalue weighted by Gasteiger charge is -2.33. The van der Waals surface area contributed by atoms with E-state index in [1.54, 1.807) is 0 Å². The van der Waals surface area contributed by atoms with Crippen molar-refractivity contribution in [2.75, 3.05) is 45.0 Å².